The zero-order valence-corrected chi connectivity index (χ0v) is 50.7. The van der Waals surface area contributed by atoms with Crippen molar-refractivity contribution in [3.8, 4) is 5.75 Å². The molecule has 2 aromatic carbocycles. The molecule has 9 amide bonds. The predicted octanol–water partition coefficient (Wildman–Crippen LogP) is 4.40. The van der Waals surface area contributed by atoms with Gasteiger partial charge >= 0.3 is 5.97 Å². The Morgan fingerprint density at radius 3 is 1.91 bits per heavy atom. The first kappa shape index (κ1) is 69.2. The number of ether oxygens (including phenoxy) is 1. The number of primary amides is 1. The Morgan fingerprint density at radius 2 is 1.33 bits per heavy atom. The van der Waals surface area contributed by atoms with Crippen molar-refractivity contribution in [1.82, 2.24) is 40.9 Å². The number of benzene rings is 2. The van der Waals surface area contributed by atoms with Gasteiger partial charge in [0.1, 0.15) is 48.0 Å². The lowest BCUT2D eigenvalue weighted by Gasteiger charge is -2.37. The van der Waals surface area contributed by atoms with Crippen LogP contribution in [0.5, 0.6) is 5.75 Å². The lowest BCUT2D eigenvalue weighted by atomic mass is 9.94. The Bertz CT molecular complexity index is 2440. The van der Waals surface area contributed by atoms with E-state index in [1.165, 1.54) is 40.8 Å². The third kappa shape index (κ3) is 21.4. The first-order valence-corrected chi connectivity index (χ1v) is 29.2. The molecule has 8 atom stereocenters. The minimum absolute atomic E-state index is 0.0114. The second-order valence-electron chi connectivity index (χ2n) is 23.0. The van der Waals surface area contributed by atoms with Gasteiger partial charge in [0.2, 0.25) is 53.2 Å². The minimum Gasteiger partial charge on any atom is -0.508 e. The number of methoxy groups -OCH3 is 1. The summed E-state index contributed by atoms with van der Waals surface area (Å²) < 4.78 is 5.00. The van der Waals surface area contributed by atoms with E-state index in [9.17, 15) is 53.1 Å². The number of unbranched alkanes of at least 4 members (excludes halogenated alkanes) is 2. The molecular weight excluding hydrogens is 1050 g/mol. The first-order valence-electron chi connectivity index (χ1n) is 29.2. The number of carbonyl (C=O) groups is 10. The summed E-state index contributed by atoms with van der Waals surface area (Å²) in [5.41, 5.74) is 7.34. The summed E-state index contributed by atoms with van der Waals surface area (Å²) in [5, 5.41) is 20.9. The van der Waals surface area contributed by atoms with Gasteiger partial charge in [-0.1, -0.05) is 111 Å². The summed E-state index contributed by atoms with van der Waals surface area (Å²) in [5.74, 6) is -6.74. The van der Waals surface area contributed by atoms with E-state index in [0.29, 0.717) is 70.8 Å². The average molecular weight is 1150 g/mol. The zero-order chi connectivity index (χ0) is 61.4. The number of nitrogens with zero attached hydrogens (tertiary/aromatic N) is 4. The van der Waals surface area contributed by atoms with Crippen LogP contribution < -0.4 is 27.0 Å². The number of aromatic hydroxyl groups is 1. The molecule has 21 heteroatoms. The van der Waals surface area contributed by atoms with Crippen LogP contribution in [0.2, 0.25) is 0 Å². The van der Waals surface area contributed by atoms with E-state index in [4.69, 9.17) is 10.5 Å². The second kappa shape index (κ2) is 34.4. The van der Waals surface area contributed by atoms with E-state index in [-0.39, 0.29) is 55.7 Å². The van der Waals surface area contributed by atoms with Crippen molar-refractivity contribution in [2.45, 2.75) is 188 Å². The average Bonchev–Trinajstić information content (AvgIpc) is 4.10. The molecule has 0 spiro atoms. The topological polar surface area (TPSA) is 287 Å². The first-order chi connectivity index (χ1) is 38.7. The number of hydrogen-bond acceptors (Lipinski definition) is 12. The van der Waals surface area contributed by atoms with E-state index in [0.717, 1.165) is 11.1 Å². The molecular formula is C61H95N9O12. The second-order valence-corrected chi connectivity index (χ2v) is 23.0. The quantitative estimate of drug-likeness (QED) is 0.0420. The van der Waals surface area contributed by atoms with Gasteiger partial charge in [0.15, 0.2) is 0 Å². The van der Waals surface area contributed by atoms with Crippen molar-refractivity contribution >= 4 is 59.1 Å². The Hall–Kier alpha value is -7.06. The third-order valence-electron chi connectivity index (χ3n) is 15.4. The van der Waals surface area contributed by atoms with Gasteiger partial charge < -0.3 is 56.4 Å². The molecule has 3 rings (SSSR count). The highest BCUT2D eigenvalue weighted by molar-refractivity contribution is 5.98. The molecule has 1 fully saturated rings. The summed E-state index contributed by atoms with van der Waals surface area (Å²) in [6, 6.07) is 8.13. The Balaban J connectivity index is 1.76. The van der Waals surface area contributed by atoms with Gasteiger partial charge in [-0.05, 0) is 98.3 Å². The van der Waals surface area contributed by atoms with Crippen molar-refractivity contribution in [2.24, 2.45) is 29.4 Å². The van der Waals surface area contributed by atoms with Crippen LogP contribution in [0.3, 0.4) is 0 Å². The third-order valence-corrected chi connectivity index (χ3v) is 15.4. The highest BCUT2D eigenvalue weighted by Crippen LogP contribution is 2.24. The number of esters is 1. The number of likely N-dealkylation sites (N-methyl/N-ethyl adjacent to an activating group) is 3. The zero-order valence-electron chi connectivity index (χ0n) is 50.7. The van der Waals surface area contributed by atoms with E-state index in [1.54, 1.807) is 65.9 Å². The van der Waals surface area contributed by atoms with E-state index >= 15 is 0 Å². The van der Waals surface area contributed by atoms with Crippen molar-refractivity contribution in [1.29, 1.82) is 0 Å². The van der Waals surface area contributed by atoms with Gasteiger partial charge in [0.05, 0.1) is 7.11 Å². The molecule has 1 heterocycles. The number of hydrogen-bond donors (Lipinski definition) is 6. The number of nitrogens with two attached hydrogens (primary N) is 1. The number of amides is 9. The van der Waals surface area contributed by atoms with Gasteiger partial charge in [-0.3, -0.25) is 43.2 Å². The SMILES string of the molecule is CCC(C)C(NC(=O)C(CC(C)C)N(C)C(=O)CCCCCNC(=O)CCCc1ccc(O)cc1)C(=O)N(C)C(C(=O)NC(CCC(N)=O)C(=O)NC(C(=O)N(C)C(Cc1ccccc1)C(=O)N1CCCC1C(=O)OC)C(C)C)C(C)C. The van der Waals surface area contributed by atoms with Gasteiger partial charge in [0.25, 0.3) is 0 Å². The fourth-order valence-corrected chi connectivity index (χ4v) is 10.2. The molecule has 0 aliphatic carbocycles. The summed E-state index contributed by atoms with van der Waals surface area (Å²) in [4.78, 5) is 143. The predicted molar refractivity (Wildman–Crippen MR) is 312 cm³/mol. The maximum atomic E-state index is 14.7. The Morgan fingerprint density at radius 1 is 0.695 bits per heavy atom. The molecule has 0 bridgehead atoms. The fourth-order valence-electron chi connectivity index (χ4n) is 10.2. The number of rotatable bonds is 34. The molecule has 1 aliphatic heterocycles. The number of nitrogens with one attached hydrogen (secondary N) is 4. The highest BCUT2D eigenvalue weighted by atomic mass is 16.5. The van der Waals surface area contributed by atoms with Crippen LogP contribution in [-0.4, -0.2) is 167 Å². The molecule has 21 nitrogen and oxygen atoms in total. The molecule has 1 aliphatic rings. The number of carbonyl (C=O) groups excluding carboxylic acids is 10. The Labute approximate surface area is 485 Å². The minimum atomic E-state index is -1.42. The van der Waals surface area contributed by atoms with Crippen LogP contribution in [0.4, 0.5) is 0 Å². The van der Waals surface area contributed by atoms with E-state index < -0.39 is 107 Å². The van der Waals surface area contributed by atoms with Gasteiger partial charge in [-0.2, -0.15) is 0 Å². The fraction of sp³-hybridized carbons (Fsp3) is 0.639. The summed E-state index contributed by atoms with van der Waals surface area (Å²) in [6.07, 6.45) is 5.01. The number of phenolic OH excluding ortho intramolecular Hbond substituents is 1. The maximum absolute atomic E-state index is 14.7. The largest absolute Gasteiger partial charge is 0.508 e. The molecule has 456 valence electrons. The number of phenols is 1. The van der Waals surface area contributed by atoms with Crippen LogP contribution >= 0.6 is 0 Å². The van der Waals surface area contributed by atoms with Crippen molar-refractivity contribution in [2.75, 3.05) is 41.3 Å². The highest BCUT2D eigenvalue weighted by Gasteiger charge is 2.43. The van der Waals surface area contributed by atoms with E-state index in [2.05, 4.69) is 21.3 Å². The lowest BCUT2D eigenvalue weighted by molar-refractivity contribution is -0.154. The van der Waals surface area contributed by atoms with E-state index in [1.807, 2.05) is 51.1 Å². The van der Waals surface area contributed by atoms with Crippen LogP contribution in [-0.2, 0) is 65.5 Å². The van der Waals surface area contributed by atoms with Gasteiger partial charge in [-0.25, -0.2) is 4.79 Å². The molecule has 2 aromatic rings. The smallest absolute Gasteiger partial charge is 0.328 e. The maximum Gasteiger partial charge on any atom is 0.328 e. The molecule has 8 unspecified atom stereocenters. The van der Waals surface area contributed by atoms with Crippen LogP contribution in [0.1, 0.15) is 144 Å². The normalized spacial score (nSPS) is 15.7. The summed E-state index contributed by atoms with van der Waals surface area (Å²) in [7, 11) is 5.72. The van der Waals surface area contributed by atoms with Crippen molar-refractivity contribution in [3.05, 3.63) is 65.7 Å². The molecule has 82 heavy (non-hydrogen) atoms. The van der Waals surface area contributed by atoms with Crippen LogP contribution in [0, 0.1) is 23.7 Å². The van der Waals surface area contributed by atoms with Gasteiger partial charge in [0, 0.05) is 59.9 Å². The Kier molecular flexibility index (Phi) is 29.0. The van der Waals surface area contributed by atoms with Gasteiger partial charge in [-0.15, -0.1) is 0 Å². The number of aryl methyl sites for hydroxylation is 1. The molecule has 7 N–H and O–H groups in total. The summed E-state index contributed by atoms with van der Waals surface area (Å²) in [6.45, 7) is 15.1. The molecule has 0 aromatic heterocycles. The number of likely N-dealkylation sites (tertiary alicyclic amines) is 1. The van der Waals surface area contributed by atoms with Crippen molar-refractivity contribution in [3.63, 3.8) is 0 Å². The molecule has 0 saturated carbocycles. The van der Waals surface area contributed by atoms with Crippen LogP contribution in [0.15, 0.2) is 54.6 Å². The molecule has 1 saturated heterocycles. The lowest BCUT2D eigenvalue weighted by Crippen LogP contribution is -2.62. The summed E-state index contributed by atoms with van der Waals surface area (Å²) >= 11 is 0. The van der Waals surface area contributed by atoms with Crippen molar-refractivity contribution < 1.29 is 57.8 Å². The molecule has 0 radical (unpaired) electrons. The van der Waals surface area contributed by atoms with Crippen LogP contribution in [0.25, 0.3) is 0 Å². The standard InChI is InChI=1S/C61H95N9O12/c1-13-41(8)53(66-56(76)47(36-38(2)3)67(9)51(74)27-18-15-19-34-63-50(73)26-20-24-42-28-30-44(71)31-29-42)60(80)69(11)54(40(6)7)57(77)64-45(32-33-49(62)72)55(75)65-52(39(4)5)59(79)68(10)48(37-43-22-16-14-17-23-43)58(78)70-35-21-25-46(70)61(81)82-12/h14,16-17,22-23,28-31,38-41,45-48,52-54,71H,13,15,18-21,24-27,32-37H2,1-12H3,(H2,62,72)(H,63,73)(H,64,77)(H,65,75)(H,66,76). The monoisotopic (exact) mass is 1150 g/mol.